The van der Waals surface area contributed by atoms with Crippen LogP contribution in [0.1, 0.15) is 37.9 Å². The van der Waals surface area contributed by atoms with Crippen LogP contribution >= 0.6 is 39.3 Å². The molecule has 0 saturated heterocycles. The van der Waals surface area contributed by atoms with Crippen LogP contribution in [0.5, 0.6) is 11.5 Å². The van der Waals surface area contributed by atoms with Crippen molar-refractivity contribution in [2.24, 2.45) is 0 Å². The lowest BCUT2D eigenvalue weighted by Gasteiger charge is -2.28. The van der Waals surface area contributed by atoms with E-state index in [2.05, 4.69) is 26.2 Å². The number of nitrogens with one attached hydrogen (secondary N) is 1. The van der Waals surface area contributed by atoms with Crippen molar-refractivity contribution in [2.45, 2.75) is 37.7 Å². The van der Waals surface area contributed by atoms with Crippen LogP contribution in [0.3, 0.4) is 0 Å². The predicted molar refractivity (Wildman–Crippen MR) is 138 cm³/mol. The number of hydrogen-bond donors (Lipinski definition) is 1. The summed E-state index contributed by atoms with van der Waals surface area (Å²) in [5.41, 5.74) is 3.19. The van der Waals surface area contributed by atoms with Gasteiger partial charge in [0.25, 0.3) is 0 Å². The van der Waals surface area contributed by atoms with Gasteiger partial charge in [-0.3, -0.25) is 4.79 Å². The fourth-order valence-corrected chi connectivity index (χ4v) is 5.66. The highest BCUT2D eigenvalue weighted by Crippen LogP contribution is 2.43. The minimum atomic E-state index is -0.475. The highest BCUT2D eigenvalue weighted by atomic mass is 79.9. The number of thioether (sulfide) groups is 1. The zero-order valence-electron chi connectivity index (χ0n) is 19.2. The first-order valence-corrected chi connectivity index (χ1v) is 12.8. The molecule has 10 heteroatoms. The maximum Gasteiger partial charge on any atom is 0.227 e. The van der Waals surface area contributed by atoms with Gasteiger partial charge in [0, 0.05) is 22.0 Å². The molecule has 0 spiro atoms. The Balaban J connectivity index is 1.76. The lowest BCUT2D eigenvalue weighted by atomic mass is 9.93. The van der Waals surface area contributed by atoms with E-state index in [9.17, 15) is 4.79 Å². The second-order valence-electron chi connectivity index (χ2n) is 7.63. The number of ketones is 1. The van der Waals surface area contributed by atoms with Gasteiger partial charge in [-0.2, -0.15) is 4.98 Å². The fourth-order valence-electron chi connectivity index (χ4n) is 3.92. The molecule has 2 heterocycles. The molecule has 0 saturated carbocycles. The van der Waals surface area contributed by atoms with E-state index >= 15 is 0 Å². The number of benzene rings is 2. The van der Waals surface area contributed by atoms with E-state index in [1.54, 1.807) is 18.7 Å². The Bertz CT molecular complexity index is 1280. The number of ether oxygens (including phenoxy) is 2. The number of rotatable bonds is 8. The monoisotopic (exact) mass is 562 g/mol. The number of aromatic nitrogens is 3. The number of hydrogen-bond acceptors (Lipinski definition) is 7. The first kappa shape index (κ1) is 24.6. The van der Waals surface area contributed by atoms with Crippen LogP contribution in [0.25, 0.3) is 0 Å². The predicted octanol–water partition coefficient (Wildman–Crippen LogP) is 6.27. The molecule has 34 heavy (non-hydrogen) atoms. The summed E-state index contributed by atoms with van der Waals surface area (Å²) in [6.45, 7) is 5.82. The molecule has 0 amide bonds. The van der Waals surface area contributed by atoms with Gasteiger partial charge in [0.2, 0.25) is 11.1 Å². The van der Waals surface area contributed by atoms with Gasteiger partial charge in [-0.15, -0.1) is 5.10 Å². The molecule has 1 atom stereocenters. The van der Waals surface area contributed by atoms with Gasteiger partial charge in [0.05, 0.1) is 18.2 Å². The normalized spacial score (nSPS) is 15.1. The lowest BCUT2D eigenvalue weighted by Crippen LogP contribution is -2.28. The Morgan fingerprint density at radius 3 is 2.76 bits per heavy atom. The third kappa shape index (κ3) is 4.82. The van der Waals surface area contributed by atoms with E-state index in [-0.39, 0.29) is 5.78 Å². The largest absolute Gasteiger partial charge is 0.492 e. The molecule has 178 valence electrons. The highest BCUT2D eigenvalue weighted by molar-refractivity contribution is 9.10. The molecule has 1 N–H and O–H groups in total. The Morgan fingerprint density at radius 2 is 2.09 bits per heavy atom. The maximum atomic E-state index is 12.7. The van der Waals surface area contributed by atoms with Crippen LogP contribution < -0.4 is 14.8 Å². The second-order valence-corrected chi connectivity index (χ2v) is 9.84. The first-order valence-electron chi connectivity index (χ1n) is 10.7. The molecular formula is C24H24BrClN4O3S. The van der Waals surface area contributed by atoms with E-state index in [0.29, 0.717) is 45.6 Å². The van der Waals surface area contributed by atoms with Gasteiger partial charge >= 0.3 is 0 Å². The Hall–Kier alpha value is -2.49. The molecule has 1 unspecified atom stereocenters. The van der Waals surface area contributed by atoms with Crippen LogP contribution in [0.15, 0.2) is 57.3 Å². The van der Waals surface area contributed by atoms with Crippen molar-refractivity contribution in [3.8, 4) is 11.5 Å². The van der Waals surface area contributed by atoms with E-state index < -0.39 is 6.04 Å². The summed E-state index contributed by atoms with van der Waals surface area (Å²) in [5, 5.41) is 9.29. The van der Waals surface area contributed by atoms with Gasteiger partial charge in [-0.1, -0.05) is 41.6 Å². The van der Waals surface area contributed by atoms with Gasteiger partial charge in [-0.25, -0.2) is 4.68 Å². The summed E-state index contributed by atoms with van der Waals surface area (Å²) in [4.78, 5) is 17.4. The van der Waals surface area contributed by atoms with Crippen LogP contribution in [-0.2, 0) is 10.5 Å². The number of halogens is 2. The van der Waals surface area contributed by atoms with E-state index in [4.69, 9.17) is 26.2 Å². The van der Waals surface area contributed by atoms with E-state index in [1.807, 2.05) is 50.2 Å². The Kier molecular flexibility index (Phi) is 7.54. The number of Topliss-reactive ketones (excluding diaryl/α,β-unsaturated/α-hetero) is 1. The second kappa shape index (κ2) is 10.4. The van der Waals surface area contributed by atoms with Crippen molar-refractivity contribution in [2.75, 3.05) is 19.0 Å². The summed E-state index contributed by atoms with van der Waals surface area (Å²) >= 11 is 11.4. The van der Waals surface area contributed by atoms with Gasteiger partial charge in [0.1, 0.15) is 6.04 Å². The smallest absolute Gasteiger partial charge is 0.227 e. The van der Waals surface area contributed by atoms with Crippen molar-refractivity contribution in [3.63, 3.8) is 0 Å². The third-order valence-electron chi connectivity index (χ3n) is 5.38. The number of anilines is 1. The van der Waals surface area contributed by atoms with Crippen LogP contribution in [0.4, 0.5) is 5.95 Å². The minimum Gasteiger partial charge on any atom is -0.492 e. The van der Waals surface area contributed by atoms with E-state index in [1.165, 1.54) is 11.8 Å². The Morgan fingerprint density at radius 1 is 1.32 bits per heavy atom. The highest BCUT2D eigenvalue weighted by Gasteiger charge is 2.34. The molecule has 3 aromatic rings. The van der Waals surface area contributed by atoms with Gasteiger partial charge in [-0.05, 0) is 66.0 Å². The maximum absolute atomic E-state index is 12.7. The average Bonchev–Trinajstić information content (AvgIpc) is 3.19. The SMILES string of the molecule is CCOc1cc(C2C(C(C)=O)=C(C)Nc3nc(SCc4ccccc4Cl)nn32)cc(Br)c1OC. The summed E-state index contributed by atoms with van der Waals surface area (Å²) < 4.78 is 13.8. The number of carbonyl (C=O) groups excluding carboxylic acids is 1. The Labute approximate surface area is 216 Å². The summed E-state index contributed by atoms with van der Waals surface area (Å²) in [6.07, 6.45) is 0. The van der Waals surface area contributed by atoms with Crippen molar-refractivity contribution in [1.29, 1.82) is 0 Å². The number of allylic oxidation sites excluding steroid dienone is 2. The molecule has 0 bridgehead atoms. The van der Waals surface area contributed by atoms with Gasteiger partial charge in [0.15, 0.2) is 17.3 Å². The number of methoxy groups -OCH3 is 1. The quantitative estimate of drug-likeness (QED) is 0.324. The van der Waals surface area contributed by atoms with Crippen molar-refractivity contribution >= 4 is 51.0 Å². The molecule has 0 fully saturated rings. The molecule has 4 rings (SSSR count). The summed E-state index contributed by atoms with van der Waals surface area (Å²) in [6, 6.07) is 11.0. The molecule has 1 aromatic heterocycles. The lowest BCUT2D eigenvalue weighted by molar-refractivity contribution is -0.114. The van der Waals surface area contributed by atoms with Crippen molar-refractivity contribution in [3.05, 3.63) is 68.3 Å². The molecule has 0 radical (unpaired) electrons. The van der Waals surface area contributed by atoms with Crippen molar-refractivity contribution < 1.29 is 14.3 Å². The van der Waals surface area contributed by atoms with Crippen LogP contribution in [0, 0.1) is 0 Å². The molecule has 1 aliphatic heterocycles. The van der Waals surface area contributed by atoms with Crippen LogP contribution in [0.2, 0.25) is 5.02 Å². The van der Waals surface area contributed by atoms with Crippen molar-refractivity contribution in [1.82, 2.24) is 14.8 Å². The number of carbonyl (C=O) groups is 1. The molecule has 1 aliphatic rings. The third-order valence-corrected chi connectivity index (χ3v) is 7.22. The number of fused-ring (bicyclic) bond motifs is 1. The van der Waals surface area contributed by atoms with E-state index in [0.717, 1.165) is 21.3 Å². The molecule has 2 aromatic carbocycles. The summed E-state index contributed by atoms with van der Waals surface area (Å²) in [5.74, 6) is 2.33. The minimum absolute atomic E-state index is 0.0497. The topological polar surface area (TPSA) is 78.3 Å². The molecule has 0 aliphatic carbocycles. The average molecular weight is 564 g/mol. The van der Waals surface area contributed by atoms with Gasteiger partial charge < -0.3 is 14.8 Å². The number of nitrogens with zero attached hydrogens (tertiary/aromatic N) is 3. The zero-order chi connectivity index (χ0) is 24.4. The molecular weight excluding hydrogens is 540 g/mol. The zero-order valence-corrected chi connectivity index (χ0v) is 22.3. The summed E-state index contributed by atoms with van der Waals surface area (Å²) in [7, 11) is 1.59. The van der Waals surface area contributed by atoms with Crippen LogP contribution in [-0.4, -0.2) is 34.3 Å². The fraction of sp³-hybridized carbons (Fsp3) is 0.292. The first-order chi connectivity index (χ1) is 16.3. The standard InChI is InChI=1S/C24H24BrClN4O3S/c1-5-33-19-11-16(10-17(25)22(19)32-4)21-20(14(3)31)13(2)27-23-28-24(29-30(21)23)34-12-15-8-6-7-9-18(15)26/h6-11,21H,5,12H2,1-4H3,(H,27,28,29). The molecule has 7 nitrogen and oxygen atoms in total.